The molecule has 2 aromatic heterocycles. The number of hydrogen-bond donors (Lipinski definition) is 1. The summed E-state index contributed by atoms with van der Waals surface area (Å²) >= 11 is 1.56. The number of aromatic nitrogens is 2. The monoisotopic (exact) mass is 448 g/mol. The molecule has 0 aliphatic rings. The second kappa shape index (κ2) is 9.36. The van der Waals surface area contributed by atoms with Crippen LogP contribution in [0, 0.1) is 6.92 Å². The van der Waals surface area contributed by atoms with Gasteiger partial charge in [0.15, 0.2) is 0 Å². The van der Waals surface area contributed by atoms with E-state index < -0.39 is 5.97 Å². The van der Waals surface area contributed by atoms with Crippen LogP contribution >= 0.6 is 11.3 Å². The van der Waals surface area contributed by atoms with Crippen LogP contribution < -0.4 is 10.3 Å². The molecular formula is C25H24N2O4S. The Bertz CT molecular complexity index is 1310. The van der Waals surface area contributed by atoms with Gasteiger partial charge in [0.25, 0.3) is 5.56 Å². The van der Waals surface area contributed by atoms with E-state index in [2.05, 4.69) is 0 Å². The standard InChI is InChI=1S/C25H24N2O4S/c1-3-20-26-23-22(21(16(2)32-23)17-8-5-4-6-9-17)24(28)27(20)14-7-15-31-19-12-10-18(11-13-19)25(29)30/h4-6,8-13H,3,7,14-15H2,1-2H3,(H,29,30). The van der Waals surface area contributed by atoms with Gasteiger partial charge in [-0.05, 0) is 43.2 Å². The summed E-state index contributed by atoms with van der Waals surface area (Å²) < 4.78 is 7.50. The zero-order valence-corrected chi connectivity index (χ0v) is 18.8. The van der Waals surface area contributed by atoms with Crippen molar-refractivity contribution in [2.75, 3.05) is 6.61 Å². The van der Waals surface area contributed by atoms with Gasteiger partial charge in [-0.2, -0.15) is 0 Å². The van der Waals surface area contributed by atoms with E-state index in [4.69, 9.17) is 14.8 Å². The zero-order valence-electron chi connectivity index (χ0n) is 18.0. The number of benzene rings is 2. The number of thiophene rings is 1. The molecule has 0 saturated carbocycles. The van der Waals surface area contributed by atoms with Crippen LogP contribution in [0.4, 0.5) is 0 Å². The molecule has 6 nitrogen and oxygen atoms in total. The smallest absolute Gasteiger partial charge is 0.335 e. The highest BCUT2D eigenvalue weighted by atomic mass is 32.1. The molecule has 0 aliphatic carbocycles. The second-order valence-corrected chi connectivity index (χ2v) is 8.65. The molecular weight excluding hydrogens is 424 g/mol. The van der Waals surface area contributed by atoms with Crippen LogP contribution in [-0.4, -0.2) is 27.2 Å². The number of carboxylic acid groups (broad SMARTS) is 1. The number of fused-ring (bicyclic) bond motifs is 1. The molecule has 4 rings (SSSR count). The van der Waals surface area contributed by atoms with E-state index in [1.807, 2.05) is 44.2 Å². The van der Waals surface area contributed by atoms with E-state index in [1.54, 1.807) is 28.0 Å². The molecule has 0 radical (unpaired) electrons. The van der Waals surface area contributed by atoms with Gasteiger partial charge >= 0.3 is 5.97 Å². The number of aromatic carboxylic acids is 1. The van der Waals surface area contributed by atoms with Crippen molar-refractivity contribution in [2.45, 2.75) is 33.2 Å². The Morgan fingerprint density at radius 2 is 1.84 bits per heavy atom. The maximum atomic E-state index is 13.5. The highest BCUT2D eigenvalue weighted by Crippen LogP contribution is 2.35. The predicted molar refractivity (Wildman–Crippen MR) is 127 cm³/mol. The first-order valence-corrected chi connectivity index (χ1v) is 11.4. The fourth-order valence-corrected chi connectivity index (χ4v) is 4.85. The lowest BCUT2D eigenvalue weighted by molar-refractivity contribution is 0.0697. The van der Waals surface area contributed by atoms with Crippen LogP contribution in [0.3, 0.4) is 0 Å². The molecule has 0 unspecified atom stereocenters. The van der Waals surface area contributed by atoms with Gasteiger partial charge in [-0.15, -0.1) is 11.3 Å². The molecule has 2 heterocycles. The van der Waals surface area contributed by atoms with E-state index in [0.29, 0.717) is 37.1 Å². The summed E-state index contributed by atoms with van der Waals surface area (Å²) in [6, 6.07) is 16.3. The number of ether oxygens (including phenoxy) is 1. The molecule has 0 saturated heterocycles. The minimum Gasteiger partial charge on any atom is -0.494 e. The number of aryl methyl sites for hydroxylation is 2. The van der Waals surface area contributed by atoms with Gasteiger partial charge in [0, 0.05) is 23.4 Å². The molecule has 164 valence electrons. The fraction of sp³-hybridized carbons (Fsp3) is 0.240. The normalized spacial score (nSPS) is 11.1. The molecule has 0 bridgehead atoms. The minimum absolute atomic E-state index is 0.0131. The molecule has 0 aliphatic heterocycles. The Balaban J connectivity index is 1.57. The van der Waals surface area contributed by atoms with E-state index in [-0.39, 0.29) is 11.1 Å². The molecule has 32 heavy (non-hydrogen) atoms. The predicted octanol–water partition coefficient (Wildman–Crippen LogP) is 5.16. The number of hydrogen-bond acceptors (Lipinski definition) is 5. The summed E-state index contributed by atoms with van der Waals surface area (Å²) in [5.41, 5.74) is 2.20. The highest BCUT2D eigenvalue weighted by Gasteiger charge is 2.19. The molecule has 0 amide bonds. The number of rotatable bonds is 8. The van der Waals surface area contributed by atoms with Crippen molar-refractivity contribution in [1.29, 1.82) is 0 Å². The first-order valence-electron chi connectivity index (χ1n) is 10.5. The van der Waals surface area contributed by atoms with Crippen LogP contribution in [0.1, 0.15) is 34.4 Å². The maximum absolute atomic E-state index is 13.5. The lowest BCUT2D eigenvalue weighted by Crippen LogP contribution is -2.26. The molecule has 1 N–H and O–H groups in total. The quantitative estimate of drug-likeness (QED) is 0.377. The Hall–Kier alpha value is -3.45. The molecule has 0 spiro atoms. The van der Waals surface area contributed by atoms with Crippen LogP contribution in [0.25, 0.3) is 21.3 Å². The van der Waals surface area contributed by atoms with E-state index in [9.17, 15) is 9.59 Å². The van der Waals surface area contributed by atoms with E-state index in [1.165, 1.54) is 12.1 Å². The van der Waals surface area contributed by atoms with Crippen molar-refractivity contribution in [3.63, 3.8) is 0 Å². The third-order valence-electron chi connectivity index (χ3n) is 5.34. The SMILES string of the molecule is CCc1nc2sc(C)c(-c3ccccc3)c2c(=O)n1CCCOc1ccc(C(=O)O)cc1. The highest BCUT2D eigenvalue weighted by molar-refractivity contribution is 7.19. The Morgan fingerprint density at radius 1 is 1.12 bits per heavy atom. The largest absolute Gasteiger partial charge is 0.494 e. The summed E-state index contributed by atoms with van der Waals surface area (Å²) in [6.07, 6.45) is 1.30. The molecule has 7 heteroatoms. The van der Waals surface area contributed by atoms with Gasteiger partial charge in [0.1, 0.15) is 16.4 Å². The Morgan fingerprint density at radius 3 is 2.50 bits per heavy atom. The first kappa shape index (κ1) is 21.8. The van der Waals surface area contributed by atoms with Crippen molar-refractivity contribution in [3.05, 3.63) is 81.2 Å². The number of carbonyl (C=O) groups is 1. The first-order chi connectivity index (χ1) is 15.5. The Labute approximate surface area is 189 Å². The van der Waals surface area contributed by atoms with Gasteiger partial charge in [0.2, 0.25) is 0 Å². The van der Waals surface area contributed by atoms with Crippen molar-refractivity contribution in [1.82, 2.24) is 9.55 Å². The average molecular weight is 449 g/mol. The summed E-state index contributed by atoms with van der Waals surface area (Å²) in [5, 5.41) is 9.66. The summed E-state index contributed by atoms with van der Waals surface area (Å²) in [5.74, 6) is 0.407. The Kier molecular flexibility index (Phi) is 6.37. The fourth-order valence-electron chi connectivity index (χ4n) is 3.80. The number of carboxylic acids is 1. The molecule has 0 fully saturated rings. The van der Waals surface area contributed by atoms with Gasteiger partial charge in [-0.25, -0.2) is 9.78 Å². The van der Waals surface area contributed by atoms with E-state index in [0.717, 1.165) is 26.7 Å². The van der Waals surface area contributed by atoms with Crippen molar-refractivity contribution >= 4 is 27.5 Å². The lowest BCUT2D eigenvalue weighted by atomic mass is 10.0. The number of nitrogens with zero attached hydrogens (tertiary/aromatic N) is 2. The van der Waals surface area contributed by atoms with Gasteiger partial charge < -0.3 is 9.84 Å². The van der Waals surface area contributed by atoms with Gasteiger partial charge in [-0.1, -0.05) is 37.3 Å². The maximum Gasteiger partial charge on any atom is 0.335 e. The van der Waals surface area contributed by atoms with Crippen molar-refractivity contribution in [3.8, 4) is 16.9 Å². The third-order valence-corrected chi connectivity index (χ3v) is 6.34. The van der Waals surface area contributed by atoms with Crippen LogP contribution in [0.2, 0.25) is 0 Å². The van der Waals surface area contributed by atoms with Gasteiger partial charge in [0.05, 0.1) is 17.6 Å². The van der Waals surface area contributed by atoms with Crippen molar-refractivity contribution < 1.29 is 14.6 Å². The van der Waals surface area contributed by atoms with Gasteiger partial charge in [-0.3, -0.25) is 9.36 Å². The topological polar surface area (TPSA) is 81.4 Å². The van der Waals surface area contributed by atoms with E-state index >= 15 is 0 Å². The molecule has 2 aromatic carbocycles. The molecule has 0 atom stereocenters. The summed E-state index contributed by atoms with van der Waals surface area (Å²) in [6.45, 7) is 4.95. The molecule has 4 aromatic rings. The van der Waals surface area contributed by atoms with Crippen LogP contribution in [0.5, 0.6) is 5.75 Å². The second-order valence-electron chi connectivity index (χ2n) is 7.45. The lowest BCUT2D eigenvalue weighted by Gasteiger charge is -2.12. The minimum atomic E-state index is -0.968. The summed E-state index contributed by atoms with van der Waals surface area (Å²) in [7, 11) is 0. The third kappa shape index (κ3) is 4.29. The van der Waals surface area contributed by atoms with Crippen LogP contribution in [0.15, 0.2) is 59.4 Å². The zero-order chi connectivity index (χ0) is 22.7. The van der Waals surface area contributed by atoms with Crippen LogP contribution in [-0.2, 0) is 13.0 Å². The average Bonchev–Trinajstić information content (AvgIpc) is 3.14. The summed E-state index contributed by atoms with van der Waals surface area (Å²) in [4.78, 5) is 31.1. The van der Waals surface area contributed by atoms with Crippen molar-refractivity contribution in [2.24, 2.45) is 0 Å².